The number of hydrogen-bond acceptors (Lipinski definition) is 5. The lowest BCUT2D eigenvalue weighted by Gasteiger charge is -2.18. The van der Waals surface area contributed by atoms with E-state index in [1.165, 1.54) is 0 Å². The average molecular weight is 331 g/mol. The van der Waals surface area contributed by atoms with Crippen LogP contribution in [0.1, 0.15) is 0 Å². The Kier molecular flexibility index (Phi) is 12.2. The molecule has 0 spiro atoms. The Balaban J connectivity index is 3.57. The maximum absolute atomic E-state index is 5.50. The molecule has 0 bridgehead atoms. The molecule has 104 valence electrons. The van der Waals surface area contributed by atoms with Gasteiger partial charge in [-0.25, -0.2) is 0 Å². The van der Waals surface area contributed by atoms with Gasteiger partial charge in [-0.1, -0.05) is 47.8 Å². The van der Waals surface area contributed by atoms with E-state index in [0.29, 0.717) is 11.5 Å². The van der Waals surface area contributed by atoms with Gasteiger partial charge in [0.05, 0.1) is 29.0 Å². The first-order valence-corrected chi connectivity index (χ1v) is 15.8. The summed E-state index contributed by atoms with van der Waals surface area (Å²) in [6.45, 7) is 9.38. The molecule has 2 unspecified atom stereocenters. The maximum atomic E-state index is 5.50. The fourth-order valence-corrected chi connectivity index (χ4v) is 10.5. The molecule has 0 heterocycles. The lowest BCUT2D eigenvalue weighted by atomic mass is 10.8. The molecule has 0 aliphatic carbocycles. The Labute approximate surface area is 121 Å². The highest BCUT2D eigenvalue weighted by Gasteiger charge is 2.15. The van der Waals surface area contributed by atoms with Crippen LogP contribution in [-0.4, -0.2) is 54.8 Å². The summed E-state index contributed by atoms with van der Waals surface area (Å²) < 4.78 is 11.0. The Morgan fingerprint density at radius 1 is 0.824 bits per heavy atom. The van der Waals surface area contributed by atoms with Crippen LogP contribution < -0.4 is 0 Å². The van der Waals surface area contributed by atoms with Crippen LogP contribution >= 0.6 is 31.4 Å². The van der Waals surface area contributed by atoms with Crippen molar-refractivity contribution in [3.8, 4) is 0 Å². The zero-order valence-corrected chi connectivity index (χ0v) is 16.5. The summed E-state index contributed by atoms with van der Waals surface area (Å²) in [5.74, 6) is 2.24. The van der Waals surface area contributed by atoms with Crippen LogP contribution in [0.4, 0.5) is 0 Å². The maximum Gasteiger partial charge on any atom is 0.0667 e. The topological polar surface area (TPSA) is 18.5 Å². The highest BCUT2D eigenvalue weighted by atomic mass is 33.5. The molecule has 0 aromatic rings. The second-order valence-electron chi connectivity index (χ2n) is 4.67. The smallest absolute Gasteiger partial charge is 0.0667 e. The van der Waals surface area contributed by atoms with Crippen molar-refractivity contribution in [3.63, 3.8) is 0 Å². The van der Waals surface area contributed by atoms with Gasteiger partial charge in [0, 0.05) is 25.7 Å². The minimum atomic E-state index is -0.663. The molecule has 0 aliphatic heterocycles. The van der Waals surface area contributed by atoms with E-state index in [-0.39, 0.29) is 0 Å². The zero-order valence-electron chi connectivity index (χ0n) is 11.8. The van der Waals surface area contributed by atoms with Gasteiger partial charge in [0.2, 0.25) is 0 Å². The largest absolute Gasteiger partial charge is 0.384 e. The van der Waals surface area contributed by atoms with Crippen molar-refractivity contribution < 1.29 is 9.47 Å². The van der Waals surface area contributed by atoms with E-state index in [2.05, 4.69) is 26.2 Å². The SMILES string of the molecule is COC(CSSSCC(OC)[SiH](C)C)[SiH](C)C. The van der Waals surface area contributed by atoms with E-state index < -0.39 is 17.6 Å². The highest BCUT2D eigenvalue weighted by Crippen LogP contribution is 2.36. The average Bonchev–Trinajstić information content (AvgIpc) is 2.27. The van der Waals surface area contributed by atoms with Crippen LogP contribution in [0.5, 0.6) is 0 Å². The van der Waals surface area contributed by atoms with E-state index in [1.807, 2.05) is 45.6 Å². The third kappa shape index (κ3) is 9.01. The van der Waals surface area contributed by atoms with Crippen molar-refractivity contribution >= 4 is 49.0 Å². The van der Waals surface area contributed by atoms with Crippen molar-refractivity contribution in [2.75, 3.05) is 25.7 Å². The molecule has 2 atom stereocenters. The normalized spacial score (nSPS) is 15.5. The molecular weight excluding hydrogens is 304 g/mol. The molecular formula is C10H26O2S3Si2. The molecule has 0 amide bonds. The standard InChI is InChI=1S/C10H26O2S3Si2/c1-11-9(16(3)4)7-13-15-14-8-10(12-2)17(5)6/h9-10,16-17H,7-8H2,1-6H3. The predicted octanol–water partition coefficient (Wildman–Crippen LogP) is 3.10. The minimum absolute atomic E-state index is 0.505. The first kappa shape index (κ1) is 18.4. The first-order valence-electron chi connectivity index (χ1n) is 5.99. The molecule has 0 saturated carbocycles. The van der Waals surface area contributed by atoms with Crippen LogP contribution in [0.2, 0.25) is 26.2 Å². The quantitative estimate of drug-likeness (QED) is 0.347. The van der Waals surface area contributed by atoms with Gasteiger partial charge in [0.25, 0.3) is 0 Å². The van der Waals surface area contributed by atoms with E-state index in [1.54, 1.807) is 0 Å². The Morgan fingerprint density at radius 3 is 1.41 bits per heavy atom. The van der Waals surface area contributed by atoms with Gasteiger partial charge in [-0.05, 0) is 9.83 Å². The van der Waals surface area contributed by atoms with E-state index in [0.717, 1.165) is 11.5 Å². The number of rotatable bonds is 10. The van der Waals surface area contributed by atoms with Gasteiger partial charge < -0.3 is 9.47 Å². The van der Waals surface area contributed by atoms with Gasteiger partial charge in [0.1, 0.15) is 0 Å². The van der Waals surface area contributed by atoms with Crippen LogP contribution in [0.25, 0.3) is 0 Å². The molecule has 17 heavy (non-hydrogen) atoms. The molecule has 0 fully saturated rings. The van der Waals surface area contributed by atoms with Gasteiger partial charge in [-0.2, -0.15) is 0 Å². The van der Waals surface area contributed by atoms with Gasteiger partial charge in [-0.15, -0.1) is 0 Å². The molecule has 0 radical (unpaired) electrons. The van der Waals surface area contributed by atoms with Crippen LogP contribution in [0.3, 0.4) is 0 Å². The van der Waals surface area contributed by atoms with Crippen molar-refractivity contribution in [2.24, 2.45) is 0 Å². The molecule has 2 nitrogen and oxygen atoms in total. The summed E-state index contributed by atoms with van der Waals surface area (Å²) in [6, 6.07) is 0. The summed E-state index contributed by atoms with van der Waals surface area (Å²) in [6.07, 6.45) is 0. The zero-order chi connectivity index (χ0) is 13.3. The van der Waals surface area contributed by atoms with E-state index >= 15 is 0 Å². The monoisotopic (exact) mass is 330 g/mol. The van der Waals surface area contributed by atoms with E-state index in [9.17, 15) is 0 Å². The highest BCUT2D eigenvalue weighted by molar-refractivity contribution is 9.09. The minimum Gasteiger partial charge on any atom is -0.384 e. The second-order valence-corrected chi connectivity index (χ2v) is 15.5. The van der Waals surface area contributed by atoms with Crippen molar-refractivity contribution in [1.29, 1.82) is 0 Å². The fourth-order valence-electron chi connectivity index (χ4n) is 1.29. The second kappa shape index (κ2) is 11.2. The Hall–Kier alpha value is 1.40. The molecule has 0 rings (SSSR count). The third-order valence-corrected chi connectivity index (χ3v) is 11.6. The number of ether oxygens (including phenoxy) is 2. The van der Waals surface area contributed by atoms with Crippen LogP contribution in [0.15, 0.2) is 0 Å². The number of hydrogen-bond donors (Lipinski definition) is 0. The fraction of sp³-hybridized carbons (Fsp3) is 1.00. The molecule has 0 saturated heterocycles. The van der Waals surface area contributed by atoms with Crippen molar-refractivity contribution in [3.05, 3.63) is 0 Å². The van der Waals surface area contributed by atoms with Gasteiger partial charge in [-0.3, -0.25) is 0 Å². The predicted molar refractivity (Wildman–Crippen MR) is 91.9 cm³/mol. The van der Waals surface area contributed by atoms with Crippen molar-refractivity contribution in [2.45, 2.75) is 37.6 Å². The number of methoxy groups -OCH3 is 2. The summed E-state index contributed by atoms with van der Waals surface area (Å²) >= 11 is 0. The molecule has 0 aromatic heterocycles. The van der Waals surface area contributed by atoms with Gasteiger partial charge >= 0.3 is 0 Å². The summed E-state index contributed by atoms with van der Waals surface area (Å²) in [4.78, 5) is 0. The lowest BCUT2D eigenvalue weighted by Crippen LogP contribution is -2.29. The van der Waals surface area contributed by atoms with Crippen LogP contribution in [0, 0.1) is 0 Å². The lowest BCUT2D eigenvalue weighted by molar-refractivity contribution is 0.180. The van der Waals surface area contributed by atoms with Gasteiger partial charge in [0.15, 0.2) is 0 Å². The molecule has 0 aromatic carbocycles. The first-order chi connectivity index (χ1) is 8.02. The molecule has 7 heteroatoms. The summed E-state index contributed by atoms with van der Waals surface area (Å²) in [5.41, 5.74) is 1.01. The molecule has 0 aliphatic rings. The molecule has 0 N–H and O–H groups in total. The third-order valence-electron chi connectivity index (χ3n) is 2.65. The Bertz CT molecular complexity index is 167. The summed E-state index contributed by atoms with van der Waals surface area (Å²) in [5, 5.41) is 0. The van der Waals surface area contributed by atoms with Crippen LogP contribution in [-0.2, 0) is 9.47 Å². The van der Waals surface area contributed by atoms with Crippen molar-refractivity contribution in [1.82, 2.24) is 0 Å². The van der Waals surface area contributed by atoms with E-state index in [4.69, 9.17) is 9.47 Å². The Morgan fingerprint density at radius 2 is 1.18 bits per heavy atom. The summed E-state index contributed by atoms with van der Waals surface area (Å²) in [7, 11) is 8.09.